The summed E-state index contributed by atoms with van der Waals surface area (Å²) in [5.74, 6) is -2.32. The molecule has 2 unspecified atom stereocenters. The van der Waals surface area contributed by atoms with Crippen molar-refractivity contribution in [2.24, 2.45) is 5.16 Å². The van der Waals surface area contributed by atoms with Crippen LogP contribution in [0.3, 0.4) is 0 Å². The molecule has 14 heteroatoms. The monoisotopic (exact) mass is 367 g/mol. The van der Waals surface area contributed by atoms with Gasteiger partial charge >= 0.3 is 10.3 Å². The van der Waals surface area contributed by atoms with Crippen molar-refractivity contribution in [2.45, 2.75) is 12.1 Å². The normalized spacial score (nSPS) is 21.9. The van der Waals surface area contributed by atoms with Gasteiger partial charge in [0.25, 0.3) is 11.8 Å². The lowest BCUT2D eigenvalue weighted by Gasteiger charge is -2.42. The molecule has 5 N–H and O–H groups in total. The fourth-order valence-electron chi connectivity index (χ4n) is 1.93. The minimum absolute atomic E-state index is 0.0808. The number of rotatable bonds is 5. The van der Waals surface area contributed by atoms with E-state index in [9.17, 15) is 22.4 Å². The van der Waals surface area contributed by atoms with Gasteiger partial charge < -0.3 is 16.3 Å². The van der Waals surface area contributed by atoms with Crippen molar-refractivity contribution >= 4 is 44.3 Å². The Kier molecular flexibility index (Phi) is 4.49. The molecule has 2 rings (SSSR count). The molecule has 1 saturated heterocycles. The number of nitrogens with one attached hydrogen (secondary N) is 1. The van der Waals surface area contributed by atoms with Crippen LogP contribution in [-0.4, -0.2) is 63.8 Å². The number of anilines is 1. The minimum Gasteiger partial charge on any atom is -0.410 e. The van der Waals surface area contributed by atoms with Crippen LogP contribution in [0, 0.1) is 0 Å². The van der Waals surface area contributed by atoms with Gasteiger partial charge in [0.05, 0.1) is 0 Å². The van der Waals surface area contributed by atoms with Crippen LogP contribution < -0.4 is 11.1 Å². The van der Waals surface area contributed by atoms with Crippen molar-refractivity contribution in [3.05, 3.63) is 11.1 Å². The summed E-state index contributed by atoms with van der Waals surface area (Å²) >= 11 is 0.961. The van der Waals surface area contributed by atoms with Gasteiger partial charge in [-0.1, -0.05) is 5.16 Å². The van der Waals surface area contributed by atoms with Crippen LogP contribution in [0.2, 0.25) is 0 Å². The van der Waals surface area contributed by atoms with E-state index in [1.165, 1.54) is 5.38 Å². The number of thiazole rings is 1. The molecular weight excluding hydrogens is 357 g/mol. The topological polar surface area (TPSA) is 175 Å². The summed E-state index contributed by atoms with van der Waals surface area (Å²) in [4.78, 5) is 27.3. The number of nitrogens with two attached hydrogens (primary N) is 1. The van der Waals surface area contributed by atoms with Crippen LogP contribution >= 0.6 is 11.3 Å². The van der Waals surface area contributed by atoms with E-state index < -0.39 is 46.6 Å². The van der Waals surface area contributed by atoms with Crippen LogP contribution in [0.5, 0.6) is 0 Å². The third-order valence-corrected chi connectivity index (χ3v) is 4.56. The van der Waals surface area contributed by atoms with Crippen molar-refractivity contribution in [2.75, 3.05) is 12.4 Å². The molecule has 0 saturated carbocycles. The number of hydrogen-bond donors (Lipinski definition) is 4. The number of aromatic nitrogens is 1. The largest absolute Gasteiger partial charge is 0.410 e. The number of β-lactam (4-membered cyclic amide) rings is 1. The second-order valence-corrected chi connectivity index (χ2v) is 6.48. The van der Waals surface area contributed by atoms with E-state index in [-0.39, 0.29) is 15.1 Å². The number of nitrogens with zero attached hydrogens (tertiary/aromatic N) is 3. The maximum absolute atomic E-state index is 12.9. The summed E-state index contributed by atoms with van der Waals surface area (Å²) in [6, 6.07) is -3.14. The summed E-state index contributed by atoms with van der Waals surface area (Å²) in [6.07, 6.45) is 0. The van der Waals surface area contributed by atoms with E-state index in [4.69, 9.17) is 15.5 Å². The Bertz CT molecular complexity index is 777. The molecule has 0 bridgehead atoms. The summed E-state index contributed by atoms with van der Waals surface area (Å²) in [7, 11) is -4.93. The van der Waals surface area contributed by atoms with Crippen molar-refractivity contribution in [1.29, 1.82) is 0 Å². The molecule has 0 aromatic carbocycles. The number of amides is 2. The lowest BCUT2D eigenvalue weighted by atomic mass is 10.00. The van der Waals surface area contributed by atoms with Gasteiger partial charge in [0, 0.05) is 5.38 Å². The second-order valence-electron chi connectivity index (χ2n) is 4.30. The van der Waals surface area contributed by atoms with Gasteiger partial charge in [-0.3, -0.25) is 14.1 Å². The first kappa shape index (κ1) is 17.0. The van der Waals surface area contributed by atoms with Crippen molar-refractivity contribution in [1.82, 2.24) is 14.6 Å². The highest BCUT2D eigenvalue weighted by Gasteiger charge is 2.54. The molecule has 2 atom stereocenters. The Morgan fingerprint density at radius 2 is 2.26 bits per heavy atom. The minimum atomic E-state index is -4.93. The third kappa shape index (κ3) is 3.08. The summed E-state index contributed by atoms with van der Waals surface area (Å²) in [6.45, 7) is -1.33. The van der Waals surface area contributed by atoms with E-state index in [0.717, 1.165) is 11.3 Å². The number of carbonyl (C=O) groups is 2. The molecule has 0 spiro atoms. The van der Waals surface area contributed by atoms with Crippen molar-refractivity contribution in [3.63, 3.8) is 0 Å². The number of carbonyl (C=O) groups excluding carboxylic acids is 2. The van der Waals surface area contributed by atoms with Gasteiger partial charge in [-0.05, 0) is 0 Å². The maximum Gasteiger partial charge on any atom is 0.362 e. The number of nitrogen functional groups attached to an aromatic ring is 1. The average Bonchev–Trinajstić information content (AvgIpc) is 2.87. The highest BCUT2D eigenvalue weighted by molar-refractivity contribution is 7.84. The predicted octanol–water partition coefficient (Wildman–Crippen LogP) is -1.63. The van der Waals surface area contributed by atoms with E-state index >= 15 is 0 Å². The first-order valence-corrected chi connectivity index (χ1v) is 8.09. The molecule has 1 aromatic heterocycles. The van der Waals surface area contributed by atoms with Crippen molar-refractivity contribution < 1.29 is 32.2 Å². The first-order chi connectivity index (χ1) is 10.7. The van der Waals surface area contributed by atoms with Gasteiger partial charge in [0.2, 0.25) is 0 Å². The number of hydrogen-bond acceptors (Lipinski definition) is 9. The van der Waals surface area contributed by atoms with Gasteiger partial charge in [0.1, 0.15) is 24.5 Å². The lowest BCUT2D eigenvalue weighted by Crippen LogP contribution is -2.73. The van der Waals surface area contributed by atoms with Gasteiger partial charge in [-0.2, -0.15) is 8.42 Å². The molecule has 23 heavy (non-hydrogen) atoms. The third-order valence-electron chi connectivity index (χ3n) is 2.94. The van der Waals surface area contributed by atoms with Gasteiger partial charge in [0.15, 0.2) is 10.8 Å². The number of halogens is 1. The van der Waals surface area contributed by atoms with Crippen LogP contribution in [-0.2, 0) is 19.9 Å². The smallest absolute Gasteiger partial charge is 0.362 e. The lowest BCUT2D eigenvalue weighted by molar-refractivity contribution is -0.145. The predicted molar refractivity (Wildman–Crippen MR) is 74.9 cm³/mol. The molecule has 0 radical (unpaired) electrons. The Morgan fingerprint density at radius 1 is 1.61 bits per heavy atom. The van der Waals surface area contributed by atoms with E-state index in [2.05, 4.69) is 10.1 Å². The van der Waals surface area contributed by atoms with E-state index in [0.29, 0.717) is 0 Å². The van der Waals surface area contributed by atoms with Crippen LogP contribution in [0.1, 0.15) is 5.69 Å². The average molecular weight is 367 g/mol. The Labute approximate surface area is 132 Å². The molecule has 2 heterocycles. The van der Waals surface area contributed by atoms with Gasteiger partial charge in [-0.25, -0.2) is 13.7 Å². The zero-order chi connectivity index (χ0) is 17.4. The first-order valence-electron chi connectivity index (χ1n) is 5.81. The van der Waals surface area contributed by atoms with Crippen LogP contribution in [0.4, 0.5) is 9.52 Å². The molecule has 2 amide bonds. The maximum atomic E-state index is 12.9. The summed E-state index contributed by atoms with van der Waals surface area (Å²) in [5.41, 5.74) is 4.71. The quantitative estimate of drug-likeness (QED) is 0.158. The zero-order valence-corrected chi connectivity index (χ0v) is 12.7. The highest BCUT2D eigenvalue weighted by atomic mass is 32.2. The molecule has 1 fully saturated rings. The number of alkyl halides is 1. The SMILES string of the molecule is Nc1nc(C(=NO)C(=O)NC2C(=O)N(S(=O)(=O)O)C2CF)cs1. The fraction of sp³-hybridized carbons (Fsp3) is 0.333. The number of oxime groups is 1. The fourth-order valence-corrected chi connectivity index (χ4v) is 3.34. The van der Waals surface area contributed by atoms with Crippen molar-refractivity contribution in [3.8, 4) is 0 Å². The van der Waals surface area contributed by atoms with E-state index in [1.54, 1.807) is 0 Å². The molecule has 126 valence electrons. The molecule has 1 aliphatic rings. The molecule has 0 aliphatic carbocycles. The van der Waals surface area contributed by atoms with E-state index in [1.807, 2.05) is 5.32 Å². The van der Waals surface area contributed by atoms with Crippen LogP contribution in [0.15, 0.2) is 10.5 Å². The Hall–Kier alpha value is -2.32. The van der Waals surface area contributed by atoms with Gasteiger partial charge in [-0.15, -0.1) is 11.3 Å². The summed E-state index contributed by atoms with van der Waals surface area (Å²) < 4.78 is 43.5. The second kappa shape index (κ2) is 6.05. The summed E-state index contributed by atoms with van der Waals surface area (Å²) in [5, 5.41) is 15.0. The molecule has 1 aromatic rings. The molecule has 1 aliphatic heterocycles. The Morgan fingerprint density at radius 3 is 2.70 bits per heavy atom. The molecular formula is C9H10FN5O6S2. The van der Waals surface area contributed by atoms with Crippen LogP contribution in [0.25, 0.3) is 0 Å². The highest BCUT2D eigenvalue weighted by Crippen LogP contribution is 2.24. The molecule has 11 nitrogen and oxygen atoms in total. The Balaban J connectivity index is 2.16. The standard InChI is InChI=1S/C9H10FN5O6S2/c10-1-4-6(8(17)15(4)23(19,20)21)13-7(16)5(14-18)3-2-22-9(11)12-3/h2,4,6,18H,1H2,(H2,11,12)(H,13,16)(H,19,20,21). The zero-order valence-electron chi connectivity index (χ0n) is 11.1.